The monoisotopic (exact) mass is 350 g/mol. The summed E-state index contributed by atoms with van der Waals surface area (Å²) in [5, 5.41) is 5.29. The predicted octanol–water partition coefficient (Wildman–Crippen LogP) is 1.26. The highest BCUT2D eigenvalue weighted by atomic mass is 79.9. The van der Waals surface area contributed by atoms with Gasteiger partial charge in [0.15, 0.2) is 0 Å². The van der Waals surface area contributed by atoms with Gasteiger partial charge in [0.2, 0.25) is 5.91 Å². The van der Waals surface area contributed by atoms with Gasteiger partial charge in [0.25, 0.3) is 5.91 Å². The molecule has 2 aromatic rings. The number of carbonyl (C=O) groups excluding carboxylic acids is 2. The molecule has 0 fully saturated rings. The van der Waals surface area contributed by atoms with Crippen molar-refractivity contribution < 1.29 is 9.59 Å². The lowest BCUT2D eigenvalue weighted by Crippen LogP contribution is -2.37. The zero-order valence-corrected chi connectivity index (χ0v) is 12.8. The number of aromatic nitrogens is 2. The van der Waals surface area contributed by atoms with Gasteiger partial charge in [-0.3, -0.25) is 9.59 Å². The number of halogens is 1. The lowest BCUT2D eigenvalue weighted by Gasteiger charge is -2.06. The predicted molar refractivity (Wildman–Crippen MR) is 81.8 cm³/mol. The van der Waals surface area contributed by atoms with Crippen LogP contribution in [0.4, 0.5) is 0 Å². The molecule has 110 valence electrons. The van der Waals surface area contributed by atoms with E-state index in [0.717, 1.165) is 10.3 Å². The third-order valence-corrected chi connectivity index (χ3v) is 3.28. The molecule has 0 aliphatic rings. The van der Waals surface area contributed by atoms with E-state index >= 15 is 0 Å². The zero-order chi connectivity index (χ0) is 15.1. The van der Waals surface area contributed by atoms with Crippen molar-refractivity contribution in [3.63, 3.8) is 0 Å². The van der Waals surface area contributed by atoms with Crippen LogP contribution in [0, 0.1) is 0 Å². The largest absolute Gasteiger partial charge is 0.354 e. The highest BCUT2D eigenvalue weighted by molar-refractivity contribution is 9.10. The fourth-order valence-corrected chi connectivity index (χ4v) is 1.95. The summed E-state index contributed by atoms with van der Waals surface area (Å²) in [6.07, 6.45) is 4.02. The van der Waals surface area contributed by atoms with Gasteiger partial charge in [-0.15, -0.1) is 0 Å². The van der Waals surface area contributed by atoms with Crippen molar-refractivity contribution in [3.8, 4) is 0 Å². The maximum atomic E-state index is 11.8. The van der Waals surface area contributed by atoms with E-state index in [9.17, 15) is 9.59 Å². The van der Waals surface area contributed by atoms with Crippen LogP contribution in [0.15, 0.2) is 41.1 Å². The number of rotatable bonds is 6. The van der Waals surface area contributed by atoms with E-state index in [1.54, 1.807) is 36.7 Å². The Morgan fingerprint density at radius 2 is 1.95 bits per heavy atom. The quantitative estimate of drug-likeness (QED) is 0.732. The summed E-state index contributed by atoms with van der Waals surface area (Å²) >= 11 is 3.30. The number of hydrogen-bond donors (Lipinski definition) is 3. The third-order valence-electron chi connectivity index (χ3n) is 2.75. The number of aromatic amines is 1. The minimum absolute atomic E-state index is 0.0486. The van der Waals surface area contributed by atoms with Gasteiger partial charge < -0.3 is 15.6 Å². The highest BCUT2D eigenvalue weighted by Gasteiger charge is 2.07. The number of hydrogen-bond acceptors (Lipinski definition) is 3. The molecule has 0 saturated carbocycles. The first-order valence-electron chi connectivity index (χ1n) is 6.44. The Hall–Kier alpha value is -2.15. The summed E-state index contributed by atoms with van der Waals surface area (Å²) in [4.78, 5) is 30.4. The maximum Gasteiger partial charge on any atom is 0.251 e. The third kappa shape index (κ3) is 5.03. The maximum absolute atomic E-state index is 11.8. The van der Waals surface area contributed by atoms with Crippen LogP contribution in [0.5, 0.6) is 0 Å². The molecule has 21 heavy (non-hydrogen) atoms. The molecule has 2 rings (SSSR count). The zero-order valence-electron chi connectivity index (χ0n) is 11.2. The second-order valence-electron chi connectivity index (χ2n) is 4.33. The fraction of sp³-hybridized carbons (Fsp3) is 0.214. The first-order chi connectivity index (χ1) is 10.1. The number of benzene rings is 1. The van der Waals surface area contributed by atoms with Gasteiger partial charge in [0.1, 0.15) is 5.82 Å². The number of nitrogens with one attached hydrogen (secondary N) is 3. The van der Waals surface area contributed by atoms with E-state index < -0.39 is 0 Å². The van der Waals surface area contributed by atoms with Crippen molar-refractivity contribution >= 4 is 27.7 Å². The van der Waals surface area contributed by atoms with E-state index in [1.165, 1.54) is 0 Å². The van der Waals surface area contributed by atoms with Gasteiger partial charge >= 0.3 is 0 Å². The standard InChI is InChI=1S/C14H15BrN4O2/c15-11-3-1-10(2-4-11)14(21)19-9-13(20)18-6-5-12-16-7-8-17-12/h1-4,7-8H,5-6,9H2,(H,16,17)(H,18,20)(H,19,21). The van der Waals surface area contributed by atoms with Crippen LogP contribution in [0.25, 0.3) is 0 Å². The van der Waals surface area contributed by atoms with Crippen molar-refractivity contribution in [2.45, 2.75) is 6.42 Å². The Labute approximate surface area is 130 Å². The minimum Gasteiger partial charge on any atom is -0.354 e. The fourth-order valence-electron chi connectivity index (χ4n) is 1.68. The van der Waals surface area contributed by atoms with E-state index in [-0.39, 0.29) is 18.4 Å². The van der Waals surface area contributed by atoms with Gasteiger partial charge in [-0.05, 0) is 24.3 Å². The molecule has 0 aliphatic carbocycles. The van der Waals surface area contributed by atoms with Gasteiger partial charge in [0.05, 0.1) is 6.54 Å². The van der Waals surface area contributed by atoms with E-state index in [1.807, 2.05) is 0 Å². The summed E-state index contributed by atoms with van der Waals surface area (Å²) in [7, 11) is 0. The summed E-state index contributed by atoms with van der Waals surface area (Å²) in [5.74, 6) is 0.310. The van der Waals surface area contributed by atoms with Gasteiger partial charge in [0, 0.05) is 35.4 Å². The molecule has 0 unspecified atom stereocenters. The second-order valence-corrected chi connectivity index (χ2v) is 5.24. The SMILES string of the molecule is O=C(CNC(=O)c1ccc(Br)cc1)NCCc1ncc[nH]1. The molecule has 0 bridgehead atoms. The number of amides is 2. The van der Waals surface area contributed by atoms with Crippen molar-refractivity contribution in [3.05, 3.63) is 52.5 Å². The molecule has 0 atom stereocenters. The van der Waals surface area contributed by atoms with Gasteiger partial charge in [-0.25, -0.2) is 4.98 Å². The van der Waals surface area contributed by atoms with Crippen LogP contribution in [0.1, 0.15) is 16.2 Å². The normalized spacial score (nSPS) is 10.1. The number of H-pyrrole nitrogens is 1. The van der Waals surface area contributed by atoms with Gasteiger partial charge in [-0.1, -0.05) is 15.9 Å². The van der Waals surface area contributed by atoms with Crippen molar-refractivity contribution in [1.82, 2.24) is 20.6 Å². The van der Waals surface area contributed by atoms with E-state index in [2.05, 4.69) is 36.5 Å². The summed E-state index contributed by atoms with van der Waals surface area (Å²) in [6, 6.07) is 6.93. The Kier molecular flexibility index (Phi) is 5.51. The summed E-state index contributed by atoms with van der Waals surface area (Å²) < 4.78 is 0.898. The van der Waals surface area contributed by atoms with Crippen LogP contribution in [0.2, 0.25) is 0 Å². The molecule has 0 spiro atoms. The molecule has 7 heteroatoms. The summed E-state index contributed by atoms with van der Waals surface area (Å²) in [5.41, 5.74) is 0.515. The Morgan fingerprint density at radius 3 is 2.62 bits per heavy atom. The smallest absolute Gasteiger partial charge is 0.251 e. The average molecular weight is 351 g/mol. The molecule has 1 aromatic heterocycles. The molecule has 2 amide bonds. The number of carbonyl (C=O) groups is 2. The Morgan fingerprint density at radius 1 is 1.19 bits per heavy atom. The van der Waals surface area contributed by atoms with E-state index in [4.69, 9.17) is 0 Å². The topological polar surface area (TPSA) is 86.9 Å². The average Bonchev–Trinajstić information content (AvgIpc) is 2.99. The van der Waals surface area contributed by atoms with Crippen molar-refractivity contribution in [2.75, 3.05) is 13.1 Å². The molecule has 6 nitrogen and oxygen atoms in total. The molecule has 0 radical (unpaired) electrons. The minimum atomic E-state index is -0.274. The molecule has 0 aliphatic heterocycles. The Bertz CT molecular complexity index is 596. The Balaban J connectivity index is 1.68. The number of imidazole rings is 1. The summed E-state index contributed by atoms with van der Waals surface area (Å²) in [6.45, 7) is 0.424. The molecule has 3 N–H and O–H groups in total. The van der Waals surface area contributed by atoms with Crippen LogP contribution in [-0.2, 0) is 11.2 Å². The first kappa shape index (κ1) is 15.2. The van der Waals surface area contributed by atoms with Crippen LogP contribution in [0.3, 0.4) is 0 Å². The lowest BCUT2D eigenvalue weighted by atomic mass is 10.2. The van der Waals surface area contributed by atoms with Crippen LogP contribution < -0.4 is 10.6 Å². The van der Waals surface area contributed by atoms with Gasteiger partial charge in [-0.2, -0.15) is 0 Å². The van der Waals surface area contributed by atoms with E-state index in [0.29, 0.717) is 18.5 Å². The second kappa shape index (κ2) is 7.58. The van der Waals surface area contributed by atoms with Crippen molar-refractivity contribution in [1.29, 1.82) is 0 Å². The van der Waals surface area contributed by atoms with Crippen LogP contribution >= 0.6 is 15.9 Å². The number of nitrogens with zero attached hydrogens (tertiary/aromatic N) is 1. The highest BCUT2D eigenvalue weighted by Crippen LogP contribution is 2.10. The van der Waals surface area contributed by atoms with Crippen LogP contribution in [-0.4, -0.2) is 34.9 Å². The lowest BCUT2D eigenvalue weighted by molar-refractivity contribution is -0.120. The molecule has 0 saturated heterocycles. The first-order valence-corrected chi connectivity index (χ1v) is 7.23. The molecule has 1 heterocycles. The van der Waals surface area contributed by atoms with Crippen molar-refractivity contribution in [2.24, 2.45) is 0 Å². The molecule has 1 aromatic carbocycles. The molecular formula is C14H15BrN4O2. The molecular weight excluding hydrogens is 336 g/mol.